The third kappa shape index (κ3) is 2.53. The number of aromatic carboxylic acids is 1. The van der Waals surface area contributed by atoms with Crippen LogP contribution in [0.25, 0.3) is 10.6 Å². The van der Waals surface area contributed by atoms with Gasteiger partial charge in [-0.2, -0.15) is 0 Å². The van der Waals surface area contributed by atoms with E-state index in [1.807, 2.05) is 0 Å². The number of rotatable bonds is 5. The summed E-state index contributed by atoms with van der Waals surface area (Å²) in [6, 6.07) is 3.46. The smallest absolute Gasteiger partial charge is 0.355 e. The molecule has 0 unspecified atom stereocenters. The number of carboxylic acids is 1. The van der Waals surface area contributed by atoms with Crippen LogP contribution >= 0.6 is 11.3 Å². The summed E-state index contributed by atoms with van der Waals surface area (Å²) in [5, 5.41) is 11.0. The molecule has 2 aromatic rings. The van der Waals surface area contributed by atoms with Gasteiger partial charge in [-0.25, -0.2) is 9.78 Å². The molecule has 2 rings (SSSR count). The predicted molar refractivity (Wildman–Crippen MR) is 74.2 cm³/mol. The second-order valence-corrected chi connectivity index (χ2v) is 4.62. The van der Waals surface area contributed by atoms with Crippen LogP contribution in [0.4, 0.5) is 0 Å². The fourth-order valence-corrected chi connectivity index (χ4v) is 2.49. The van der Waals surface area contributed by atoms with E-state index in [-0.39, 0.29) is 5.69 Å². The van der Waals surface area contributed by atoms with E-state index >= 15 is 0 Å². The number of benzene rings is 1. The minimum absolute atomic E-state index is 0.0127. The molecule has 0 aliphatic rings. The van der Waals surface area contributed by atoms with Gasteiger partial charge in [0.15, 0.2) is 17.2 Å². The van der Waals surface area contributed by atoms with Gasteiger partial charge in [0.25, 0.3) is 0 Å². The quantitative estimate of drug-likeness (QED) is 0.913. The Kier molecular flexibility index (Phi) is 4.09. The van der Waals surface area contributed by atoms with E-state index < -0.39 is 5.97 Å². The Morgan fingerprint density at radius 1 is 1.15 bits per heavy atom. The highest BCUT2D eigenvalue weighted by Crippen LogP contribution is 2.41. The average Bonchev–Trinajstić information content (AvgIpc) is 2.95. The Bertz CT molecular complexity index is 612. The highest BCUT2D eigenvalue weighted by atomic mass is 32.1. The number of carbonyl (C=O) groups is 1. The zero-order chi connectivity index (χ0) is 14.7. The lowest BCUT2D eigenvalue weighted by molar-refractivity contribution is 0.0691. The number of aromatic nitrogens is 1. The fraction of sp³-hybridized carbons (Fsp3) is 0.231. The summed E-state index contributed by atoms with van der Waals surface area (Å²) in [6.45, 7) is 0. The Balaban J connectivity index is 2.53. The molecule has 1 aromatic heterocycles. The second-order valence-electron chi connectivity index (χ2n) is 3.76. The van der Waals surface area contributed by atoms with E-state index in [0.717, 1.165) is 0 Å². The summed E-state index contributed by atoms with van der Waals surface area (Å²) in [4.78, 5) is 14.9. The molecule has 0 spiro atoms. The maximum atomic E-state index is 10.9. The zero-order valence-corrected chi connectivity index (χ0v) is 12.0. The van der Waals surface area contributed by atoms with Gasteiger partial charge in [0.1, 0.15) is 5.01 Å². The third-order valence-electron chi connectivity index (χ3n) is 2.63. The molecule has 7 heteroatoms. The molecule has 1 heterocycles. The molecule has 0 saturated carbocycles. The first-order valence-electron chi connectivity index (χ1n) is 5.60. The van der Waals surface area contributed by atoms with Gasteiger partial charge < -0.3 is 19.3 Å². The van der Waals surface area contributed by atoms with Crippen LogP contribution in [-0.4, -0.2) is 37.4 Å². The van der Waals surface area contributed by atoms with Gasteiger partial charge >= 0.3 is 5.97 Å². The molecular formula is C13H13NO5S. The topological polar surface area (TPSA) is 77.9 Å². The summed E-state index contributed by atoms with van der Waals surface area (Å²) < 4.78 is 15.7. The average molecular weight is 295 g/mol. The van der Waals surface area contributed by atoms with Crippen LogP contribution in [-0.2, 0) is 0 Å². The number of hydrogen-bond acceptors (Lipinski definition) is 6. The molecule has 0 aliphatic carbocycles. The van der Waals surface area contributed by atoms with Crippen molar-refractivity contribution < 1.29 is 24.1 Å². The lowest BCUT2D eigenvalue weighted by atomic mass is 10.2. The van der Waals surface area contributed by atoms with Gasteiger partial charge in [-0.1, -0.05) is 0 Å². The van der Waals surface area contributed by atoms with Gasteiger partial charge in [-0.05, 0) is 12.1 Å². The molecule has 1 N–H and O–H groups in total. The van der Waals surface area contributed by atoms with Crippen LogP contribution in [0, 0.1) is 0 Å². The SMILES string of the molecule is COc1cc(-c2nc(C(=O)O)cs2)cc(OC)c1OC. The van der Waals surface area contributed by atoms with E-state index in [9.17, 15) is 4.79 Å². The molecule has 0 fully saturated rings. The predicted octanol–water partition coefficient (Wildman–Crippen LogP) is 2.53. The van der Waals surface area contributed by atoms with Crippen LogP contribution < -0.4 is 14.2 Å². The third-order valence-corrected chi connectivity index (χ3v) is 3.53. The van der Waals surface area contributed by atoms with Crippen molar-refractivity contribution in [1.82, 2.24) is 4.98 Å². The molecule has 0 bridgehead atoms. The second kappa shape index (κ2) is 5.79. The van der Waals surface area contributed by atoms with Crippen molar-refractivity contribution in [2.75, 3.05) is 21.3 Å². The lowest BCUT2D eigenvalue weighted by Crippen LogP contribution is -1.97. The summed E-state index contributed by atoms with van der Waals surface area (Å²) in [5.74, 6) is 0.413. The lowest BCUT2D eigenvalue weighted by Gasteiger charge is -2.13. The molecule has 106 valence electrons. The maximum Gasteiger partial charge on any atom is 0.355 e. The molecule has 0 atom stereocenters. The van der Waals surface area contributed by atoms with Crippen LogP contribution in [0.2, 0.25) is 0 Å². The monoisotopic (exact) mass is 295 g/mol. The van der Waals surface area contributed by atoms with Gasteiger partial charge in [0.2, 0.25) is 5.75 Å². The number of nitrogens with zero attached hydrogens (tertiary/aromatic N) is 1. The van der Waals surface area contributed by atoms with Crippen molar-refractivity contribution in [3.05, 3.63) is 23.2 Å². The van der Waals surface area contributed by atoms with Crippen LogP contribution in [0.5, 0.6) is 17.2 Å². The molecule has 0 amide bonds. The first kappa shape index (κ1) is 14.1. The summed E-state index contributed by atoms with van der Waals surface area (Å²) in [5.41, 5.74) is 0.718. The summed E-state index contributed by atoms with van der Waals surface area (Å²) in [7, 11) is 4.56. The van der Waals surface area contributed by atoms with E-state index in [2.05, 4.69) is 4.98 Å². The van der Waals surface area contributed by atoms with Gasteiger partial charge in [0, 0.05) is 10.9 Å². The van der Waals surface area contributed by atoms with Crippen molar-refractivity contribution in [2.24, 2.45) is 0 Å². The van der Waals surface area contributed by atoms with Crippen molar-refractivity contribution in [2.45, 2.75) is 0 Å². The van der Waals surface area contributed by atoms with E-state index in [4.69, 9.17) is 19.3 Å². The first-order chi connectivity index (χ1) is 9.60. The van der Waals surface area contributed by atoms with E-state index in [1.54, 1.807) is 12.1 Å². The number of ether oxygens (including phenoxy) is 3. The van der Waals surface area contributed by atoms with Crippen LogP contribution in [0.3, 0.4) is 0 Å². The molecule has 0 aliphatic heterocycles. The minimum atomic E-state index is -1.06. The van der Waals surface area contributed by atoms with Crippen molar-refractivity contribution in [3.8, 4) is 27.8 Å². The molecule has 0 radical (unpaired) electrons. The number of thiazole rings is 1. The Morgan fingerprint density at radius 3 is 2.15 bits per heavy atom. The number of hydrogen-bond donors (Lipinski definition) is 1. The maximum absolute atomic E-state index is 10.9. The molecular weight excluding hydrogens is 282 g/mol. The Hall–Kier alpha value is -2.28. The van der Waals surface area contributed by atoms with E-state index in [1.165, 1.54) is 38.0 Å². The van der Waals surface area contributed by atoms with Gasteiger partial charge in [-0.3, -0.25) is 0 Å². The van der Waals surface area contributed by atoms with Crippen molar-refractivity contribution in [3.63, 3.8) is 0 Å². The molecule has 1 aromatic carbocycles. The Morgan fingerprint density at radius 2 is 1.75 bits per heavy atom. The highest BCUT2D eigenvalue weighted by molar-refractivity contribution is 7.13. The normalized spacial score (nSPS) is 10.2. The first-order valence-corrected chi connectivity index (χ1v) is 6.47. The van der Waals surface area contributed by atoms with Crippen molar-refractivity contribution in [1.29, 1.82) is 0 Å². The Labute approximate surface area is 119 Å². The highest BCUT2D eigenvalue weighted by Gasteiger charge is 2.17. The van der Waals surface area contributed by atoms with Crippen molar-refractivity contribution >= 4 is 17.3 Å². The standard InChI is InChI=1S/C13H13NO5S/c1-17-9-4-7(5-10(18-2)11(9)19-3)12-14-8(6-20-12)13(15)16/h4-6H,1-3H3,(H,15,16). The number of carboxylic acid groups (broad SMARTS) is 1. The zero-order valence-electron chi connectivity index (χ0n) is 11.2. The summed E-state index contributed by atoms with van der Waals surface area (Å²) >= 11 is 1.24. The fourth-order valence-electron chi connectivity index (χ4n) is 1.71. The molecule has 20 heavy (non-hydrogen) atoms. The van der Waals surface area contributed by atoms with E-state index in [0.29, 0.717) is 27.8 Å². The largest absolute Gasteiger partial charge is 0.493 e. The number of methoxy groups -OCH3 is 3. The molecule has 0 saturated heterocycles. The van der Waals surface area contributed by atoms with Gasteiger partial charge in [0.05, 0.1) is 21.3 Å². The minimum Gasteiger partial charge on any atom is -0.493 e. The van der Waals surface area contributed by atoms with Crippen LogP contribution in [0.1, 0.15) is 10.5 Å². The van der Waals surface area contributed by atoms with Crippen LogP contribution in [0.15, 0.2) is 17.5 Å². The summed E-state index contributed by atoms with van der Waals surface area (Å²) in [6.07, 6.45) is 0. The van der Waals surface area contributed by atoms with Gasteiger partial charge in [-0.15, -0.1) is 11.3 Å². The molecule has 6 nitrogen and oxygen atoms in total.